The van der Waals surface area contributed by atoms with Crippen LogP contribution in [0.3, 0.4) is 0 Å². The van der Waals surface area contributed by atoms with Gasteiger partial charge in [-0.05, 0) is 55.5 Å². The number of halogens is 2. The lowest BCUT2D eigenvalue weighted by Crippen LogP contribution is -2.07. The van der Waals surface area contributed by atoms with Gasteiger partial charge >= 0.3 is 0 Å². The Morgan fingerprint density at radius 3 is 2.36 bits per heavy atom. The van der Waals surface area contributed by atoms with Gasteiger partial charge in [0.25, 0.3) is 0 Å². The molecule has 25 heavy (non-hydrogen) atoms. The highest BCUT2D eigenvalue weighted by molar-refractivity contribution is 9.10. The van der Waals surface area contributed by atoms with E-state index in [4.69, 9.17) is 4.42 Å². The molecule has 3 rings (SSSR count). The first-order valence-electron chi connectivity index (χ1n) is 7.43. The van der Waals surface area contributed by atoms with Gasteiger partial charge in [-0.2, -0.15) is 4.98 Å². The summed E-state index contributed by atoms with van der Waals surface area (Å²) in [5.41, 5.74) is 0.484. The predicted octanol–water partition coefficient (Wildman–Crippen LogP) is 4.51. The third kappa shape index (κ3) is 3.59. The second-order valence-electron chi connectivity index (χ2n) is 5.15. The van der Waals surface area contributed by atoms with Crippen LogP contribution in [0.1, 0.15) is 6.92 Å². The first-order chi connectivity index (χ1) is 11.9. The van der Waals surface area contributed by atoms with E-state index in [0.717, 1.165) is 4.47 Å². The molecule has 0 aliphatic heterocycles. The van der Waals surface area contributed by atoms with Crippen molar-refractivity contribution in [3.8, 4) is 11.5 Å². The molecule has 0 saturated heterocycles. The summed E-state index contributed by atoms with van der Waals surface area (Å²) in [5, 5.41) is 2.68. The number of hydrogen-bond acceptors (Lipinski definition) is 5. The SMILES string of the molecule is CCNc1oc(-c2ccc(F)cc2)nc1S(=O)(=O)c1ccc(Br)cc1. The lowest BCUT2D eigenvalue weighted by molar-refractivity contribution is 0.577. The minimum absolute atomic E-state index is 0.0599. The van der Waals surface area contributed by atoms with Crippen molar-refractivity contribution in [2.24, 2.45) is 0 Å². The molecule has 1 aromatic heterocycles. The summed E-state index contributed by atoms with van der Waals surface area (Å²) < 4.78 is 45.2. The predicted molar refractivity (Wildman–Crippen MR) is 95.7 cm³/mol. The zero-order valence-electron chi connectivity index (χ0n) is 13.2. The zero-order valence-corrected chi connectivity index (χ0v) is 15.6. The molecule has 0 aliphatic rings. The van der Waals surface area contributed by atoms with Gasteiger partial charge in [-0.3, -0.25) is 0 Å². The van der Waals surface area contributed by atoms with Crippen molar-refractivity contribution in [1.29, 1.82) is 0 Å². The van der Waals surface area contributed by atoms with Crippen LogP contribution in [0.4, 0.5) is 10.3 Å². The molecule has 2 aromatic carbocycles. The number of nitrogens with zero attached hydrogens (tertiary/aromatic N) is 1. The number of oxazole rings is 1. The maximum atomic E-state index is 13.1. The van der Waals surface area contributed by atoms with Crippen LogP contribution in [0.5, 0.6) is 0 Å². The molecule has 0 spiro atoms. The third-order valence-electron chi connectivity index (χ3n) is 3.40. The molecule has 0 atom stereocenters. The number of sulfone groups is 1. The number of anilines is 1. The standard InChI is InChI=1S/C17H14BrFN2O3S/c1-2-20-16-17(25(22,23)14-9-5-12(18)6-10-14)21-15(24-16)11-3-7-13(19)8-4-11/h3-10,20H,2H2,1H3. The van der Waals surface area contributed by atoms with Gasteiger partial charge < -0.3 is 9.73 Å². The Balaban J connectivity index is 2.11. The highest BCUT2D eigenvalue weighted by Gasteiger charge is 2.28. The van der Waals surface area contributed by atoms with Crippen molar-refractivity contribution in [3.63, 3.8) is 0 Å². The Labute approximate surface area is 152 Å². The number of hydrogen-bond donors (Lipinski definition) is 1. The quantitative estimate of drug-likeness (QED) is 0.652. The first kappa shape index (κ1) is 17.6. The molecule has 1 N–H and O–H groups in total. The maximum absolute atomic E-state index is 13.1. The van der Waals surface area contributed by atoms with Crippen LogP contribution >= 0.6 is 15.9 Å². The molecule has 0 radical (unpaired) electrons. The van der Waals surface area contributed by atoms with Gasteiger partial charge in [0.15, 0.2) is 0 Å². The molecule has 0 fully saturated rings. The number of benzene rings is 2. The van der Waals surface area contributed by atoms with E-state index in [9.17, 15) is 12.8 Å². The largest absolute Gasteiger partial charge is 0.419 e. The normalized spacial score (nSPS) is 11.5. The van der Waals surface area contributed by atoms with E-state index in [0.29, 0.717) is 12.1 Å². The van der Waals surface area contributed by atoms with Crippen LogP contribution in [-0.2, 0) is 9.84 Å². The van der Waals surface area contributed by atoms with E-state index in [1.165, 1.54) is 36.4 Å². The number of nitrogens with one attached hydrogen (secondary N) is 1. The Kier molecular flexibility index (Phi) is 4.91. The van der Waals surface area contributed by atoms with E-state index < -0.39 is 15.7 Å². The molecule has 3 aromatic rings. The summed E-state index contributed by atoms with van der Waals surface area (Å²) in [4.78, 5) is 4.25. The van der Waals surface area contributed by atoms with Crippen molar-refractivity contribution in [3.05, 3.63) is 58.8 Å². The molecule has 130 valence electrons. The summed E-state index contributed by atoms with van der Waals surface area (Å²) in [5.74, 6) is -0.235. The number of aromatic nitrogens is 1. The summed E-state index contributed by atoms with van der Waals surface area (Å²) >= 11 is 3.28. The lowest BCUT2D eigenvalue weighted by Gasteiger charge is -2.04. The van der Waals surface area contributed by atoms with E-state index >= 15 is 0 Å². The number of rotatable bonds is 5. The minimum atomic E-state index is -3.87. The van der Waals surface area contributed by atoms with Crippen LogP contribution in [0.15, 0.2) is 67.3 Å². The first-order valence-corrected chi connectivity index (χ1v) is 9.70. The van der Waals surface area contributed by atoms with Gasteiger partial charge in [-0.25, -0.2) is 12.8 Å². The Bertz CT molecular complexity index is 984. The second kappa shape index (κ2) is 6.97. The average molecular weight is 425 g/mol. The topological polar surface area (TPSA) is 72.2 Å². The molecule has 0 unspecified atom stereocenters. The van der Waals surface area contributed by atoms with Crippen molar-refractivity contribution < 1.29 is 17.2 Å². The van der Waals surface area contributed by atoms with Crippen molar-refractivity contribution in [1.82, 2.24) is 4.98 Å². The van der Waals surface area contributed by atoms with Crippen LogP contribution in [-0.4, -0.2) is 19.9 Å². The van der Waals surface area contributed by atoms with Gasteiger partial charge in [0.1, 0.15) is 5.82 Å². The highest BCUT2D eigenvalue weighted by Crippen LogP contribution is 2.32. The summed E-state index contributed by atoms with van der Waals surface area (Å²) in [7, 11) is -3.87. The fraction of sp³-hybridized carbons (Fsp3) is 0.118. The molecule has 5 nitrogen and oxygen atoms in total. The zero-order chi connectivity index (χ0) is 18.0. The minimum Gasteiger partial charge on any atom is -0.419 e. The Hall–Kier alpha value is -2.19. The van der Waals surface area contributed by atoms with Gasteiger partial charge in [-0.1, -0.05) is 15.9 Å². The van der Waals surface area contributed by atoms with Crippen molar-refractivity contribution in [2.45, 2.75) is 16.8 Å². The fourth-order valence-corrected chi connectivity index (χ4v) is 3.74. The molecule has 1 heterocycles. The van der Waals surface area contributed by atoms with Gasteiger partial charge in [-0.15, -0.1) is 0 Å². The van der Waals surface area contributed by atoms with Crippen LogP contribution in [0.2, 0.25) is 0 Å². The molecule has 8 heteroatoms. The van der Waals surface area contributed by atoms with Crippen LogP contribution < -0.4 is 5.32 Å². The molecule has 0 aliphatic carbocycles. The Morgan fingerprint density at radius 2 is 1.76 bits per heavy atom. The smallest absolute Gasteiger partial charge is 0.233 e. The van der Waals surface area contributed by atoms with E-state index in [-0.39, 0.29) is 21.7 Å². The maximum Gasteiger partial charge on any atom is 0.233 e. The van der Waals surface area contributed by atoms with Crippen molar-refractivity contribution in [2.75, 3.05) is 11.9 Å². The molecule has 0 amide bonds. The molecule has 0 saturated carbocycles. The van der Waals surface area contributed by atoms with Crippen LogP contribution in [0.25, 0.3) is 11.5 Å². The third-order valence-corrected chi connectivity index (χ3v) is 5.61. The summed E-state index contributed by atoms with van der Waals surface area (Å²) in [6, 6.07) is 11.7. The monoisotopic (exact) mass is 424 g/mol. The lowest BCUT2D eigenvalue weighted by atomic mass is 10.2. The molecular weight excluding hydrogens is 411 g/mol. The van der Waals surface area contributed by atoms with E-state index in [1.54, 1.807) is 12.1 Å². The van der Waals surface area contributed by atoms with Gasteiger partial charge in [0.2, 0.25) is 26.6 Å². The molecular formula is C17H14BrFN2O3S. The molecule has 0 bridgehead atoms. The van der Waals surface area contributed by atoms with Crippen molar-refractivity contribution >= 4 is 31.7 Å². The summed E-state index contributed by atoms with van der Waals surface area (Å²) in [6.07, 6.45) is 0. The highest BCUT2D eigenvalue weighted by atomic mass is 79.9. The second-order valence-corrected chi connectivity index (χ2v) is 7.93. The fourth-order valence-electron chi connectivity index (χ4n) is 2.20. The summed E-state index contributed by atoms with van der Waals surface area (Å²) in [6.45, 7) is 2.27. The van der Waals surface area contributed by atoms with Crippen LogP contribution in [0, 0.1) is 5.82 Å². The van der Waals surface area contributed by atoms with E-state index in [2.05, 4.69) is 26.2 Å². The Morgan fingerprint density at radius 1 is 1.12 bits per heavy atom. The average Bonchev–Trinajstić information content (AvgIpc) is 3.01. The van der Waals surface area contributed by atoms with Gasteiger partial charge in [0.05, 0.1) is 4.90 Å². The van der Waals surface area contributed by atoms with E-state index in [1.807, 2.05) is 6.92 Å². The van der Waals surface area contributed by atoms with Gasteiger partial charge in [0, 0.05) is 16.6 Å².